The van der Waals surface area contributed by atoms with E-state index < -0.39 is 31.3 Å². The first kappa shape index (κ1) is 32.6. The molecule has 42 heavy (non-hydrogen) atoms. The molecule has 0 spiro atoms. The van der Waals surface area contributed by atoms with Crippen LogP contribution in [-0.4, -0.2) is 5.43 Å². The minimum Gasteiger partial charge on any atom is -0.246 e. The number of alkyl halides is 2. The monoisotopic (exact) mass is 692 g/mol. The van der Waals surface area contributed by atoms with Crippen molar-refractivity contribution in [1.29, 1.82) is 0 Å². The van der Waals surface area contributed by atoms with Crippen LogP contribution in [0.3, 0.4) is 0 Å². The summed E-state index contributed by atoms with van der Waals surface area (Å²) in [5, 5.41) is 5.06. The smallest absolute Gasteiger partial charge is 0.115 e. The number of halogens is 4. The summed E-state index contributed by atoms with van der Waals surface area (Å²) in [5.74, 6) is 0. The number of hydrogen-bond acceptors (Lipinski definition) is 0. The van der Waals surface area contributed by atoms with E-state index in [-0.39, 0.29) is 5.43 Å². The quantitative estimate of drug-likeness (QED) is 0.127. The van der Waals surface area contributed by atoms with Crippen molar-refractivity contribution in [2.45, 2.75) is 40.3 Å². The Kier molecular flexibility index (Phi) is 11.9. The minimum absolute atomic E-state index is 0.224. The van der Waals surface area contributed by atoms with Crippen molar-refractivity contribution in [3.63, 3.8) is 0 Å². The fourth-order valence-corrected chi connectivity index (χ4v) is 4.82. The third-order valence-corrected chi connectivity index (χ3v) is 26.8. The largest absolute Gasteiger partial charge is 0.246 e. The Morgan fingerprint density at radius 1 is 0.619 bits per heavy atom. The first-order valence-corrected chi connectivity index (χ1v) is 26.3. The number of rotatable bonds is 4. The van der Waals surface area contributed by atoms with Crippen LogP contribution in [0.1, 0.15) is 22.3 Å². The summed E-state index contributed by atoms with van der Waals surface area (Å²) in [4.78, 5) is 0. The van der Waals surface area contributed by atoms with Gasteiger partial charge in [-0.15, -0.1) is 69.1 Å². The molecule has 0 atom stereocenters. The van der Waals surface area contributed by atoms with Gasteiger partial charge in [-0.3, -0.25) is 0 Å². The molecule has 0 bridgehead atoms. The molecular formula is C36H34Cl2F2SiZr-2. The molecule has 0 radical (unpaired) electrons. The van der Waals surface area contributed by atoms with Crippen molar-refractivity contribution >= 4 is 44.0 Å². The molecule has 0 saturated heterocycles. The molecular weight excluding hydrogens is 661 g/mol. The second-order valence-electron chi connectivity index (χ2n) is 10.6. The number of benzene rings is 4. The summed E-state index contributed by atoms with van der Waals surface area (Å²) in [7, 11) is 11.2. The van der Waals surface area contributed by atoms with E-state index in [4.69, 9.17) is 17.0 Å². The van der Waals surface area contributed by atoms with E-state index in [1.807, 2.05) is 48.5 Å². The Morgan fingerprint density at radius 3 is 1.29 bits per heavy atom. The van der Waals surface area contributed by atoms with Crippen molar-refractivity contribution in [2.24, 2.45) is 0 Å². The van der Waals surface area contributed by atoms with Gasteiger partial charge in [-0.05, 0) is 22.3 Å². The summed E-state index contributed by atoms with van der Waals surface area (Å²) in [5.41, 5.74) is 8.49. The molecule has 0 saturated carbocycles. The van der Waals surface area contributed by atoms with Crippen LogP contribution in [0.4, 0.5) is 8.78 Å². The van der Waals surface area contributed by atoms with Crippen LogP contribution in [0.15, 0.2) is 109 Å². The average molecular weight is 695 g/mol. The Hall–Kier alpha value is -2.36. The van der Waals surface area contributed by atoms with Gasteiger partial charge in [0.25, 0.3) is 0 Å². The van der Waals surface area contributed by atoms with Gasteiger partial charge in [-0.25, -0.2) is 8.78 Å². The molecule has 0 aliphatic heterocycles. The normalized spacial score (nSPS) is 10.6. The molecule has 0 nitrogen and oxygen atoms in total. The van der Waals surface area contributed by atoms with E-state index in [1.165, 1.54) is 43.8 Å². The summed E-state index contributed by atoms with van der Waals surface area (Å²) in [6, 6.07) is 36.8. The zero-order chi connectivity index (χ0) is 30.2. The van der Waals surface area contributed by atoms with Gasteiger partial charge in [0.2, 0.25) is 0 Å². The van der Waals surface area contributed by atoms with Gasteiger partial charge in [0.15, 0.2) is 0 Å². The Labute approximate surface area is 263 Å². The number of aryl methyl sites for hydroxylation is 2. The molecule has 0 heterocycles. The summed E-state index contributed by atoms with van der Waals surface area (Å²) in [6.07, 6.45) is 0. The molecule has 216 valence electrons. The Balaban J connectivity index is 0.000000162. The van der Waals surface area contributed by atoms with Crippen LogP contribution < -0.4 is 0 Å². The van der Waals surface area contributed by atoms with E-state index in [0.29, 0.717) is 0 Å². The number of fused-ring (bicyclic) bond motifs is 2. The van der Waals surface area contributed by atoms with E-state index in [2.05, 4.69) is 87.6 Å². The molecule has 0 fully saturated rings. The number of hydrogen-bond donors (Lipinski definition) is 0. The summed E-state index contributed by atoms with van der Waals surface area (Å²) < 4.78 is 25.0. The van der Waals surface area contributed by atoms with Crippen LogP contribution in [0.5, 0.6) is 0 Å². The van der Waals surface area contributed by atoms with E-state index in [1.54, 1.807) is 0 Å². The molecule has 6 heteroatoms. The molecule has 0 aromatic heterocycles. The molecule has 6 aromatic rings. The Bertz CT molecular complexity index is 1660. The SMILES string of the molecule is C[Si](C)=[Zr]([Cl])[Cl].Cc1cc2c(-c3ccc(CF)cc3)cccc2[cH-]1.Cc1cc2c(-c3ccc(CF)cc3)cccc2[cH-]1. The van der Waals surface area contributed by atoms with E-state index >= 15 is 0 Å². The predicted octanol–water partition coefficient (Wildman–Crippen LogP) is 12.2. The van der Waals surface area contributed by atoms with E-state index in [0.717, 1.165) is 22.3 Å². The van der Waals surface area contributed by atoms with E-state index in [9.17, 15) is 8.78 Å². The maximum Gasteiger partial charge on any atom is 0.115 e. The second-order valence-corrected chi connectivity index (χ2v) is 33.6. The molecule has 6 rings (SSSR count). The van der Waals surface area contributed by atoms with Crippen LogP contribution in [0.25, 0.3) is 43.8 Å². The van der Waals surface area contributed by atoms with Crippen molar-refractivity contribution in [1.82, 2.24) is 0 Å². The molecule has 0 aliphatic rings. The van der Waals surface area contributed by atoms with Crippen molar-refractivity contribution in [3.8, 4) is 22.3 Å². The van der Waals surface area contributed by atoms with Crippen LogP contribution >= 0.6 is 17.0 Å². The van der Waals surface area contributed by atoms with Crippen molar-refractivity contribution in [2.75, 3.05) is 0 Å². The molecule has 0 amide bonds. The maximum absolute atomic E-state index is 12.5. The second kappa shape index (κ2) is 15.4. The molecule has 0 unspecified atom stereocenters. The third kappa shape index (κ3) is 8.38. The van der Waals surface area contributed by atoms with Crippen LogP contribution in [-0.2, 0) is 31.3 Å². The van der Waals surface area contributed by atoms with Crippen LogP contribution in [0, 0.1) is 13.8 Å². The summed E-state index contributed by atoms with van der Waals surface area (Å²) in [6.45, 7) is 7.74. The van der Waals surface area contributed by atoms with Gasteiger partial charge < -0.3 is 0 Å². The van der Waals surface area contributed by atoms with Gasteiger partial charge in [-0.2, -0.15) is 12.1 Å². The fourth-order valence-electron chi connectivity index (χ4n) is 4.82. The molecule has 6 aromatic carbocycles. The topological polar surface area (TPSA) is 0 Å². The fraction of sp³-hybridized carbons (Fsp3) is 0.167. The first-order chi connectivity index (χ1) is 20.2. The van der Waals surface area contributed by atoms with Crippen LogP contribution in [0.2, 0.25) is 13.1 Å². The maximum atomic E-state index is 12.5. The first-order valence-electron chi connectivity index (χ1n) is 13.8. The zero-order valence-corrected chi connectivity index (χ0v) is 29.3. The zero-order valence-electron chi connectivity index (χ0n) is 24.3. The molecule has 0 N–H and O–H groups in total. The summed E-state index contributed by atoms with van der Waals surface area (Å²) >= 11 is -1.65. The van der Waals surface area contributed by atoms with Gasteiger partial charge in [-0.1, -0.05) is 85.6 Å². The third-order valence-electron chi connectivity index (χ3n) is 7.01. The van der Waals surface area contributed by atoms with Gasteiger partial charge in [0.1, 0.15) is 13.3 Å². The van der Waals surface area contributed by atoms with Gasteiger partial charge in [0.05, 0.1) is 0 Å². The van der Waals surface area contributed by atoms with Crippen molar-refractivity contribution in [3.05, 3.63) is 131 Å². The predicted molar refractivity (Wildman–Crippen MR) is 178 cm³/mol. The minimum atomic E-state index is -1.65. The Morgan fingerprint density at radius 2 is 0.976 bits per heavy atom. The van der Waals surface area contributed by atoms with Gasteiger partial charge in [0, 0.05) is 0 Å². The standard InChI is InChI=1S/2C17H14F.C2H6Si.2ClH.Zr/c2*1-12-9-15-3-2-4-16(17(15)10-12)14-7-5-13(11-18)6-8-14;1-3-2;;;/h2*2-10H,11H2,1H3;1-2H3;2*1H;/q2*-1;;;;+2/p-2. The van der Waals surface area contributed by atoms with Crippen molar-refractivity contribution < 1.29 is 26.8 Å². The van der Waals surface area contributed by atoms with Gasteiger partial charge >= 0.3 is 53.5 Å². The molecule has 0 aliphatic carbocycles. The average Bonchev–Trinajstić information content (AvgIpc) is 3.58.